The molecule has 2 aliphatic carbocycles. The molecule has 5 heteroatoms. The predicted molar refractivity (Wildman–Crippen MR) is 92.9 cm³/mol. The third-order valence-electron chi connectivity index (χ3n) is 4.47. The molecule has 0 N–H and O–H groups in total. The zero-order chi connectivity index (χ0) is 14.4. The Balaban J connectivity index is 0.000000960. The van der Waals surface area contributed by atoms with Crippen LogP contribution in [-0.2, 0) is 21.7 Å². The summed E-state index contributed by atoms with van der Waals surface area (Å²) in [6, 6.07) is 15.5. The monoisotopic (exact) mass is 425 g/mol. The first-order valence-electron chi connectivity index (χ1n) is 7.34. The van der Waals surface area contributed by atoms with Gasteiger partial charge in [-0.25, -0.2) is 0 Å². The van der Waals surface area contributed by atoms with E-state index in [2.05, 4.69) is 67.2 Å². The number of rotatable bonds is 2. The molecule has 1 unspecified atom stereocenters. The SMILES string of the molecule is C[Si](Cl)C1c2ccccc2-c2cccc(C3=CC=CC3)c21.[Cl-].[Cl-].[Ti+2]. The van der Waals surface area contributed by atoms with Crippen molar-refractivity contribution in [3.05, 3.63) is 77.4 Å². The van der Waals surface area contributed by atoms with E-state index in [0.29, 0.717) is 5.54 Å². The Kier molecular flexibility index (Phi) is 8.06. The predicted octanol–water partition coefficient (Wildman–Crippen LogP) is -0.453. The molecule has 0 fully saturated rings. The third-order valence-corrected chi connectivity index (χ3v) is 6.52. The average Bonchev–Trinajstić information content (AvgIpc) is 3.12. The van der Waals surface area contributed by atoms with Gasteiger partial charge in [0.25, 0.3) is 0 Å². The van der Waals surface area contributed by atoms with Gasteiger partial charge < -0.3 is 24.8 Å². The van der Waals surface area contributed by atoms with E-state index < -0.39 is 8.11 Å². The molecule has 0 aliphatic heterocycles. The standard InChI is InChI=1S/C19H16ClSi.2ClH.Ti/c1-21(20)19-17-10-5-4-9-15(17)16-12-6-11-14(18(16)19)13-7-2-3-8-13;;;/h2-7,9-12,19H,8H2,1H3;2*1H;/q;;;+2/p-2. The maximum atomic E-state index is 6.68. The van der Waals surface area contributed by atoms with Gasteiger partial charge in [-0.15, -0.1) is 0 Å². The first-order valence-corrected chi connectivity index (χ1v) is 10.4. The molecule has 1 atom stereocenters. The number of fused-ring (bicyclic) bond motifs is 3. The van der Waals surface area contributed by atoms with E-state index in [1.807, 2.05) is 0 Å². The van der Waals surface area contributed by atoms with Crippen molar-refractivity contribution in [2.75, 3.05) is 0 Å². The van der Waals surface area contributed by atoms with Crippen LogP contribution < -0.4 is 24.8 Å². The van der Waals surface area contributed by atoms with E-state index in [1.54, 1.807) is 0 Å². The second-order valence-electron chi connectivity index (χ2n) is 5.70. The molecular weight excluding hydrogens is 411 g/mol. The largest absolute Gasteiger partial charge is 2.00 e. The van der Waals surface area contributed by atoms with Crippen LogP contribution in [0.1, 0.15) is 28.7 Å². The van der Waals surface area contributed by atoms with Crippen LogP contribution in [-0.4, -0.2) is 8.11 Å². The summed E-state index contributed by atoms with van der Waals surface area (Å²) in [5.74, 6) is 0. The molecule has 4 rings (SSSR count). The van der Waals surface area contributed by atoms with Crippen LogP contribution in [0, 0.1) is 0 Å². The molecule has 2 aromatic rings. The first kappa shape index (κ1) is 21.8. The summed E-state index contributed by atoms with van der Waals surface area (Å²) >= 11 is 6.68. The van der Waals surface area contributed by atoms with Crippen molar-refractivity contribution in [2.45, 2.75) is 18.5 Å². The number of hydrogen-bond donors (Lipinski definition) is 0. The topological polar surface area (TPSA) is 0 Å². The van der Waals surface area contributed by atoms with E-state index in [-0.39, 0.29) is 46.5 Å². The number of hydrogen-bond acceptors (Lipinski definition) is 0. The fraction of sp³-hybridized carbons (Fsp3) is 0.158. The molecule has 0 aromatic heterocycles. The first-order chi connectivity index (χ1) is 10.3. The van der Waals surface area contributed by atoms with Crippen LogP contribution in [0.3, 0.4) is 0 Å². The van der Waals surface area contributed by atoms with E-state index >= 15 is 0 Å². The van der Waals surface area contributed by atoms with Crippen LogP contribution in [0.4, 0.5) is 0 Å². The van der Waals surface area contributed by atoms with Gasteiger partial charge in [0.15, 0.2) is 8.11 Å². The van der Waals surface area contributed by atoms with Crippen molar-refractivity contribution in [2.24, 2.45) is 0 Å². The van der Waals surface area contributed by atoms with Gasteiger partial charge in [0.05, 0.1) is 0 Å². The molecule has 0 spiro atoms. The van der Waals surface area contributed by atoms with E-state index in [1.165, 1.54) is 33.4 Å². The number of allylic oxidation sites excluding steroid dienone is 4. The van der Waals surface area contributed by atoms with Crippen LogP contribution >= 0.6 is 11.1 Å². The van der Waals surface area contributed by atoms with Gasteiger partial charge in [0.2, 0.25) is 0 Å². The van der Waals surface area contributed by atoms with Crippen molar-refractivity contribution in [3.8, 4) is 11.1 Å². The minimum Gasteiger partial charge on any atom is -1.00 e. The fourth-order valence-corrected chi connectivity index (χ4v) is 5.67. The Morgan fingerprint density at radius 3 is 2.29 bits per heavy atom. The zero-order valence-electron chi connectivity index (χ0n) is 13.2. The van der Waals surface area contributed by atoms with E-state index in [4.69, 9.17) is 11.1 Å². The Morgan fingerprint density at radius 1 is 0.958 bits per heavy atom. The van der Waals surface area contributed by atoms with Gasteiger partial charge in [-0.3, -0.25) is 0 Å². The Labute approximate surface area is 177 Å². The molecule has 1 radical (unpaired) electrons. The average molecular weight is 427 g/mol. The zero-order valence-corrected chi connectivity index (χ0v) is 18.0. The summed E-state index contributed by atoms with van der Waals surface area (Å²) in [6.45, 7) is 2.21. The van der Waals surface area contributed by atoms with E-state index in [9.17, 15) is 0 Å². The summed E-state index contributed by atoms with van der Waals surface area (Å²) < 4.78 is 0. The van der Waals surface area contributed by atoms with Gasteiger partial charge in [-0.1, -0.05) is 67.2 Å². The molecular formula is C19H16Cl3SiTi. The molecule has 2 aromatic carbocycles. The number of halogens is 3. The molecule has 0 nitrogen and oxygen atoms in total. The minimum absolute atomic E-state index is 0. The molecule has 0 amide bonds. The summed E-state index contributed by atoms with van der Waals surface area (Å²) in [5, 5.41) is 0. The van der Waals surface area contributed by atoms with Gasteiger partial charge in [-0.2, -0.15) is 11.1 Å². The molecule has 0 bridgehead atoms. The molecule has 121 valence electrons. The second-order valence-corrected chi connectivity index (χ2v) is 9.24. The smallest absolute Gasteiger partial charge is 1.00 e. The second kappa shape index (κ2) is 8.89. The van der Waals surface area contributed by atoms with Crippen molar-refractivity contribution < 1.29 is 46.5 Å². The Morgan fingerprint density at radius 2 is 1.62 bits per heavy atom. The summed E-state index contributed by atoms with van der Waals surface area (Å²) in [6.07, 6.45) is 7.66. The summed E-state index contributed by atoms with van der Waals surface area (Å²) in [7, 11) is -0.962. The maximum Gasteiger partial charge on any atom is 2.00 e. The van der Waals surface area contributed by atoms with Gasteiger partial charge in [0, 0.05) is 5.54 Å². The molecule has 2 aliphatic rings. The molecule has 0 saturated carbocycles. The minimum atomic E-state index is -0.962. The molecule has 24 heavy (non-hydrogen) atoms. The van der Waals surface area contributed by atoms with Crippen molar-refractivity contribution in [1.82, 2.24) is 0 Å². The van der Waals surface area contributed by atoms with Crippen molar-refractivity contribution in [3.63, 3.8) is 0 Å². The van der Waals surface area contributed by atoms with E-state index in [0.717, 1.165) is 6.42 Å². The van der Waals surface area contributed by atoms with Crippen molar-refractivity contribution in [1.29, 1.82) is 0 Å². The molecule has 0 saturated heterocycles. The van der Waals surface area contributed by atoms with Gasteiger partial charge >= 0.3 is 21.7 Å². The van der Waals surface area contributed by atoms with Crippen LogP contribution in [0.15, 0.2) is 60.7 Å². The third kappa shape index (κ3) is 3.49. The van der Waals surface area contributed by atoms with Gasteiger partial charge in [0.1, 0.15) is 0 Å². The molecule has 0 heterocycles. The number of benzene rings is 2. The Bertz CT molecular complexity index is 784. The van der Waals surface area contributed by atoms with Crippen LogP contribution in [0.5, 0.6) is 0 Å². The normalized spacial score (nSPS) is 16.5. The maximum absolute atomic E-state index is 6.68. The summed E-state index contributed by atoms with van der Waals surface area (Å²) in [5.41, 5.74) is 8.83. The van der Waals surface area contributed by atoms with Crippen molar-refractivity contribution >= 4 is 24.8 Å². The van der Waals surface area contributed by atoms with Crippen LogP contribution in [0.2, 0.25) is 6.55 Å². The fourth-order valence-electron chi connectivity index (χ4n) is 3.60. The Hall–Kier alpha value is -0.279. The summed E-state index contributed by atoms with van der Waals surface area (Å²) in [4.78, 5) is 0. The quantitative estimate of drug-likeness (QED) is 0.451. The van der Waals surface area contributed by atoms with Gasteiger partial charge in [-0.05, 0) is 39.8 Å². The van der Waals surface area contributed by atoms with Crippen LogP contribution in [0.25, 0.3) is 16.7 Å².